The van der Waals surface area contributed by atoms with Gasteiger partial charge in [-0.3, -0.25) is 4.79 Å². The van der Waals surface area contributed by atoms with E-state index < -0.39 is 0 Å². The Kier molecular flexibility index (Phi) is 6.21. The average molecular weight is 276 g/mol. The third kappa shape index (κ3) is 5.74. The van der Waals surface area contributed by atoms with Gasteiger partial charge >= 0.3 is 0 Å². The molecule has 3 nitrogen and oxygen atoms in total. The highest BCUT2D eigenvalue weighted by atomic mass is 16.1. The van der Waals surface area contributed by atoms with E-state index in [9.17, 15) is 4.79 Å². The number of aryl methyl sites for hydroxylation is 1. The molecule has 20 heavy (non-hydrogen) atoms. The van der Waals surface area contributed by atoms with Crippen molar-refractivity contribution in [2.24, 2.45) is 17.1 Å². The van der Waals surface area contributed by atoms with Gasteiger partial charge in [0.2, 0.25) is 5.91 Å². The summed E-state index contributed by atoms with van der Waals surface area (Å²) in [6, 6.07) is 8.07. The fourth-order valence-electron chi connectivity index (χ4n) is 2.31. The number of hydrogen-bond donors (Lipinski definition) is 2. The van der Waals surface area contributed by atoms with Gasteiger partial charge in [0.05, 0.1) is 5.92 Å². The molecular weight excluding hydrogens is 248 g/mol. The number of benzene rings is 1. The Bertz CT molecular complexity index is 418. The normalized spacial score (nSPS) is 13.1. The summed E-state index contributed by atoms with van der Waals surface area (Å²) in [6.45, 7) is 8.93. The third-order valence-electron chi connectivity index (χ3n) is 3.27. The Hall–Kier alpha value is -1.35. The molecule has 0 radical (unpaired) electrons. The van der Waals surface area contributed by atoms with Crippen LogP contribution in [-0.4, -0.2) is 12.5 Å². The fourth-order valence-corrected chi connectivity index (χ4v) is 2.31. The van der Waals surface area contributed by atoms with Gasteiger partial charge in [0.1, 0.15) is 0 Å². The lowest BCUT2D eigenvalue weighted by molar-refractivity contribution is -0.120. The Labute approximate surface area is 122 Å². The molecular formula is C17H28N2O. The first kappa shape index (κ1) is 16.7. The number of rotatable bonds is 6. The highest BCUT2D eigenvalue weighted by Crippen LogP contribution is 2.25. The van der Waals surface area contributed by atoms with Crippen molar-refractivity contribution in [2.45, 2.75) is 47.0 Å². The van der Waals surface area contributed by atoms with Crippen LogP contribution in [0.15, 0.2) is 24.3 Å². The molecule has 112 valence electrons. The Morgan fingerprint density at radius 2 is 1.85 bits per heavy atom. The van der Waals surface area contributed by atoms with E-state index in [-0.39, 0.29) is 17.2 Å². The van der Waals surface area contributed by atoms with Gasteiger partial charge in [0, 0.05) is 12.2 Å². The summed E-state index contributed by atoms with van der Waals surface area (Å²) in [6.07, 6.45) is 3.00. The topological polar surface area (TPSA) is 55.1 Å². The maximum atomic E-state index is 12.2. The van der Waals surface area contributed by atoms with E-state index in [1.807, 2.05) is 12.1 Å². The molecule has 1 aromatic rings. The van der Waals surface area contributed by atoms with Crippen LogP contribution in [0.4, 0.5) is 5.69 Å². The van der Waals surface area contributed by atoms with Crippen molar-refractivity contribution in [1.82, 2.24) is 0 Å². The minimum Gasteiger partial charge on any atom is -0.330 e. The summed E-state index contributed by atoms with van der Waals surface area (Å²) in [5, 5.41) is 2.97. The predicted molar refractivity (Wildman–Crippen MR) is 85.7 cm³/mol. The van der Waals surface area contributed by atoms with Crippen molar-refractivity contribution >= 4 is 11.6 Å². The van der Waals surface area contributed by atoms with E-state index in [4.69, 9.17) is 5.73 Å². The van der Waals surface area contributed by atoms with E-state index in [1.165, 1.54) is 5.56 Å². The van der Waals surface area contributed by atoms with Gasteiger partial charge < -0.3 is 11.1 Å². The molecule has 0 aromatic heterocycles. The first-order valence-corrected chi connectivity index (χ1v) is 7.45. The van der Waals surface area contributed by atoms with E-state index >= 15 is 0 Å². The molecule has 0 saturated carbocycles. The second-order valence-electron chi connectivity index (χ2n) is 6.63. The van der Waals surface area contributed by atoms with Crippen molar-refractivity contribution in [3.8, 4) is 0 Å². The maximum Gasteiger partial charge on any atom is 0.228 e. The highest BCUT2D eigenvalue weighted by molar-refractivity contribution is 5.92. The quantitative estimate of drug-likeness (QED) is 0.834. The van der Waals surface area contributed by atoms with Crippen LogP contribution in [0.2, 0.25) is 0 Å². The smallest absolute Gasteiger partial charge is 0.228 e. The van der Waals surface area contributed by atoms with Crippen LogP contribution < -0.4 is 11.1 Å². The summed E-state index contributed by atoms with van der Waals surface area (Å²) in [5.41, 5.74) is 7.99. The summed E-state index contributed by atoms with van der Waals surface area (Å²) < 4.78 is 0. The number of nitrogens with one attached hydrogen (secondary N) is 1. The summed E-state index contributed by atoms with van der Waals surface area (Å²) in [5.74, 6) is -0.115. The number of carbonyl (C=O) groups is 1. The molecule has 0 aliphatic rings. The monoisotopic (exact) mass is 276 g/mol. The zero-order valence-electron chi connectivity index (χ0n) is 13.2. The molecule has 0 spiro atoms. The molecule has 0 bridgehead atoms. The first-order valence-electron chi connectivity index (χ1n) is 7.45. The van der Waals surface area contributed by atoms with Crippen molar-refractivity contribution in [1.29, 1.82) is 0 Å². The van der Waals surface area contributed by atoms with Crippen LogP contribution in [0.3, 0.4) is 0 Å². The van der Waals surface area contributed by atoms with Crippen molar-refractivity contribution in [3.05, 3.63) is 29.8 Å². The predicted octanol–water partition coefficient (Wildman–Crippen LogP) is 3.59. The number of carbonyl (C=O) groups excluding carboxylic acids is 1. The highest BCUT2D eigenvalue weighted by Gasteiger charge is 2.23. The standard InChI is InChI=1S/C17H28N2O/c1-5-6-13-7-9-15(10-8-13)19-16(20)14(12-18)11-17(2,3)4/h7-10,14H,5-6,11-12,18H2,1-4H3,(H,19,20). The van der Waals surface area contributed by atoms with E-state index in [2.05, 4.69) is 45.1 Å². The molecule has 0 aliphatic heterocycles. The van der Waals surface area contributed by atoms with Crippen molar-refractivity contribution in [2.75, 3.05) is 11.9 Å². The molecule has 1 rings (SSSR count). The maximum absolute atomic E-state index is 12.2. The lowest BCUT2D eigenvalue weighted by Gasteiger charge is -2.24. The molecule has 1 aromatic carbocycles. The van der Waals surface area contributed by atoms with Crippen molar-refractivity contribution < 1.29 is 4.79 Å². The Balaban J connectivity index is 2.64. The zero-order valence-corrected chi connectivity index (χ0v) is 13.2. The van der Waals surface area contributed by atoms with Gasteiger partial charge in [-0.15, -0.1) is 0 Å². The lowest BCUT2D eigenvalue weighted by atomic mass is 9.84. The van der Waals surface area contributed by atoms with Gasteiger partial charge in [0.15, 0.2) is 0 Å². The Morgan fingerprint density at radius 1 is 1.25 bits per heavy atom. The van der Waals surface area contributed by atoms with Gasteiger partial charge in [-0.2, -0.15) is 0 Å². The summed E-state index contributed by atoms with van der Waals surface area (Å²) in [4.78, 5) is 12.2. The van der Waals surface area contributed by atoms with E-state index in [0.29, 0.717) is 6.54 Å². The van der Waals surface area contributed by atoms with Gasteiger partial charge in [-0.1, -0.05) is 46.2 Å². The number of amides is 1. The Morgan fingerprint density at radius 3 is 2.30 bits per heavy atom. The third-order valence-corrected chi connectivity index (χ3v) is 3.27. The molecule has 0 fully saturated rings. The second-order valence-corrected chi connectivity index (χ2v) is 6.63. The average Bonchev–Trinajstić information content (AvgIpc) is 2.37. The molecule has 3 heteroatoms. The molecule has 0 saturated heterocycles. The second kappa shape index (κ2) is 7.44. The molecule has 1 amide bonds. The van der Waals surface area contributed by atoms with Gasteiger partial charge in [0.25, 0.3) is 0 Å². The molecule has 3 N–H and O–H groups in total. The molecule has 0 aliphatic carbocycles. The number of anilines is 1. The van der Waals surface area contributed by atoms with Gasteiger partial charge in [-0.25, -0.2) is 0 Å². The van der Waals surface area contributed by atoms with Crippen LogP contribution in [0, 0.1) is 11.3 Å². The molecule has 1 unspecified atom stereocenters. The van der Waals surface area contributed by atoms with Crippen molar-refractivity contribution in [3.63, 3.8) is 0 Å². The minimum absolute atomic E-state index is 0.0191. The fraction of sp³-hybridized carbons (Fsp3) is 0.588. The molecule has 0 heterocycles. The first-order chi connectivity index (χ1) is 9.35. The number of hydrogen-bond acceptors (Lipinski definition) is 2. The van der Waals surface area contributed by atoms with Crippen LogP contribution in [0.25, 0.3) is 0 Å². The van der Waals surface area contributed by atoms with E-state index in [0.717, 1.165) is 24.9 Å². The van der Waals surface area contributed by atoms with Crippen LogP contribution in [0.1, 0.15) is 46.1 Å². The lowest BCUT2D eigenvalue weighted by Crippen LogP contribution is -2.32. The summed E-state index contributed by atoms with van der Waals surface area (Å²) >= 11 is 0. The summed E-state index contributed by atoms with van der Waals surface area (Å²) in [7, 11) is 0. The number of nitrogens with two attached hydrogens (primary N) is 1. The minimum atomic E-state index is -0.134. The molecule has 1 atom stereocenters. The van der Waals surface area contributed by atoms with E-state index in [1.54, 1.807) is 0 Å². The van der Waals surface area contributed by atoms with Crippen LogP contribution >= 0.6 is 0 Å². The van der Waals surface area contributed by atoms with Gasteiger partial charge in [-0.05, 0) is 36.0 Å². The van der Waals surface area contributed by atoms with Crippen LogP contribution in [-0.2, 0) is 11.2 Å². The SMILES string of the molecule is CCCc1ccc(NC(=O)C(CN)CC(C)(C)C)cc1. The largest absolute Gasteiger partial charge is 0.330 e. The zero-order chi connectivity index (χ0) is 15.2. The van der Waals surface area contributed by atoms with Crippen LogP contribution in [0.5, 0.6) is 0 Å².